The molecule has 0 aromatic carbocycles. The zero-order valence-electron chi connectivity index (χ0n) is 39.2. The van der Waals surface area contributed by atoms with Crippen molar-refractivity contribution in [1.82, 2.24) is 0 Å². The van der Waals surface area contributed by atoms with Crippen LogP contribution in [0.3, 0.4) is 0 Å². The summed E-state index contributed by atoms with van der Waals surface area (Å²) in [5.41, 5.74) is 0. The molecule has 15 heteroatoms. The summed E-state index contributed by atoms with van der Waals surface area (Å²) in [6.45, 7) is 2.93. The molecule has 0 saturated heterocycles. The maximum Gasteiger partial charge on any atom is 0.472 e. The molecule has 8 atom stereocenters. The van der Waals surface area contributed by atoms with Crippen molar-refractivity contribution in [3.05, 3.63) is 109 Å². The van der Waals surface area contributed by atoms with Crippen molar-refractivity contribution in [1.29, 1.82) is 0 Å². The van der Waals surface area contributed by atoms with Gasteiger partial charge < -0.3 is 39.9 Å². The van der Waals surface area contributed by atoms with E-state index in [0.29, 0.717) is 32.1 Å². The Labute approximate surface area is 393 Å². The summed E-state index contributed by atoms with van der Waals surface area (Å²) in [6, 6.07) is 0. The Morgan fingerprint density at radius 2 is 1.02 bits per heavy atom. The van der Waals surface area contributed by atoms with E-state index >= 15 is 0 Å². The quantitative estimate of drug-likeness (QED) is 0.00855. The number of unbranched alkanes of at least 4 members (excludes halogenated alkanes) is 6. The number of hydrogen-bond donors (Lipinski definition) is 6. The van der Waals surface area contributed by atoms with Gasteiger partial charge in [-0.05, 0) is 89.5 Å². The number of esters is 2. The molecule has 0 aromatic rings. The molecule has 14 nitrogen and oxygen atoms in total. The van der Waals surface area contributed by atoms with Crippen LogP contribution in [0.5, 0.6) is 0 Å². The van der Waals surface area contributed by atoms with Crippen LogP contribution in [0, 0.1) is 0 Å². The first-order chi connectivity index (χ1) is 31.8. The van der Waals surface area contributed by atoms with Crippen LogP contribution in [0.4, 0.5) is 0 Å². The van der Waals surface area contributed by atoms with Gasteiger partial charge >= 0.3 is 19.8 Å². The summed E-state index contributed by atoms with van der Waals surface area (Å²) in [6.07, 6.45) is 36.9. The molecule has 372 valence electrons. The Balaban J connectivity index is 2.55. The van der Waals surface area contributed by atoms with Crippen LogP contribution in [-0.4, -0.2) is 104 Å². The monoisotopic (exact) mass is 947 g/mol. The highest BCUT2D eigenvalue weighted by Crippen LogP contribution is 2.47. The Morgan fingerprint density at radius 1 is 0.530 bits per heavy atom. The fourth-order valence-corrected chi connectivity index (χ4v) is 7.23. The fraction of sp³-hybridized carbons (Fsp3) is 0.588. The average molecular weight is 947 g/mol. The van der Waals surface area contributed by atoms with Crippen molar-refractivity contribution in [2.45, 2.75) is 179 Å². The highest BCUT2D eigenvalue weighted by molar-refractivity contribution is 7.47. The molecule has 1 aliphatic carbocycles. The standard InChI is InChI=1S/C51H79O14P/c1-3-5-7-8-9-10-11-12-13-14-15-16-17-18-21-25-28-31-35-39-45(54)64-43(41-63-66(60,61)65-51-49(58)47(56)46(55)48(57)50(51)59)40-62-44(53)38-34-30-27-24-22-19-20-23-26-29-33-37-42(52)36-32-6-4-2/h5,7,9-10,12-13,15-16,18-21,24,26-27,29,33,37,43,46-51,55-59H,3-4,6,8,11,14,17,22-23,25,28,30-32,34-36,38-41H2,1-2H3,(H,60,61)/b7-5-,10-9-,13-12-,16-15-,20-19-,21-18-,27-24-,29-26-,37-33+/t43-,46?,47-,48+,49-,50-,51?/m1/s1. The van der Waals surface area contributed by atoms with Crippen LogP contribution in [0.15, 0.2) is 109 Å². The first kappa shape index (κ1) is 60.2. The second kappa shape index (κ2) is 39.2. The first-order valence-electron chi connectivity index (χ1n) is 23.6. The molecule has 1 saturated carbocycles. The minimum absolute atomic E-state index is 0.0267. The van der Waals surface area contributed by atoms with Crippen molar-refractivity contribution in [3.63, 3.8) is 0 Å². The lowest BCUT2D eigenvalue weighted by Crippen LogP contribution is -2.64. The molecule has 1 rings (SSSR count). The van der Waals surface area contributed by atoms with Crippen LogP contribution < -0.4 is 0 Å². The van der Waals surface area contributed by atoms with Gasteiger partial charge in [-0.1, -0.05) is 136 Å². The second-order valence-electron chi connectivity index (χ2n) is 15.9. The van der Waals surface area contributed by atoms with E-state index in [1.807, 2.05) is 36.5 Å². The molecule has 6 N–H and O–H groups in total. The number of hydrogen-bond acceptors (Lipinski definition) is 13. The van der Waals surface area contributed by atoms with E-state index in [-0.39, 0.29) is 18.6 Å². The number of allylic oxidation sites excluding steroid dienone is 18. The van der Waals surface area contributed by atoms with Gasteiger partial charge in [-0.2, -0.15) is 0 Å². The van der Waals surface area contributed by atoms with E-state index in [9.17, 15) is 49.4 Å². The van der Waals surface area contributed by atoms with Gasteiger partial charge in [0.1, 0.15) is 43.2 Å². The summed E-state index contributed by atoms with van der Waals surface area (Å²) in [5, 5.41) is 50.2. The summed E-state index contributed by atoms with van der Waals surface area (Å²) in [4.78, 5) is 47.5. The minimum Gasteiger partial charge on any atom is -0.462 e. The molecule has 0 amide bonds. The Bertz CT molecular complexity index is 1630. The lowest BCUT2D eigenvalue weighted by atomic mass is 9.85. The highest BCUT2D eigenvalue weighted by Gasteiger charge is 2.51. The molecule has 0 spiro atoms. The first-order valence-corrected chi connectivity index (χ1v) is 25.1. The maximum atomic E-state index is 12.8. The number of ketones is 1. The van der Waals surface area contributed by atoms with Gasteiger partial charge in [0.15, 0.2) is 11.9 Å². The number of rotatable bonds is 37. The van der Waals surface area contributed by atoms with Gasteiger partial charge in [-0.25, -0.2) is 4.57 Å². The predicted octanol–water partition coefficient (Wildman–Crippen LogP) is 8.79. The van der Waals surface area contributed by atoms with E-state index in [1.54, 1.807) is 12.2 Å². The zero-order chi connectivity index (χ0) is 48.7. The Kier molecular flexibility index (Phi) is 35.8. The van der Waals surface area contributed by atoms with Gasteiger partial charge in [-0.3, -0.25) is 23.4 Å². The number of ether oxygens (including phenoxy) is 2. The zero-order valence-corrected chi connectivity index (χ0v) is 40.1. The molecular weight excluding hydrogens is 868 g/mol. The highest BCUT2D eigenvalue weighted by atomic mass is 31.2. The average Bonchev–Trinajstić information content (AvgIpc) is 3.29. The smallest absolute Gasteiger partial charge is 0.462 e. The summed E-state index contributed by atoms with van der Waals surface area (Å²) in [7, 11) is -5.16. The third-order valence-electron chi connectivity index (χ3n) is 10.1. The van der Waals surface area contributed by atoms with Crippen molar-refractivity contribution < 1.29 is 67.9 Å². The number of phosphoric acid groups is 1. The number of aliphatic hydroxyl groups is 5. The maximum absolute atomic E-state index is 12.8. The molecule has 3 unspecified atom stereocenters. The third kappa shape index (κ3) is 31.2. The SMILES string of the molecule is CC/C=C\C/C=C\C/C=C\C/C=C\C/C=C\CCCCCC(=O)O[C@H](COC(=O)CCC/C=C\C/C=C\C/C=C\C=C\C(=O)CCCCC)COP(=O)(O)OC1[C@H](O)[C@H](O)C(O)[C@H](O)[C@H]1O. The molecule has 0 bridgehead atoms. The van der Waals surface area contributed by atoms with Crippen molar-refractivity contribution >= 4 is 25.5 Å². The number of carbonyl (C=O) groups is 3. The van der Waals surface area contributed by atoms with Crippen molar-refractivity contribution in [2.24, 2.45) is 0 Å². The van der Waals surface area contributed by atoms with Crippen molar-refractivity contribution in [3.8, 4) is 0 Å². The molecule has 0 aromatic heterocycles. The van der Waals surface area contributed by atoms with Gasteiger partial charge in [0.05, 0.1) is 6.61 Å². The molecule has 0 heterocycles. The lowest BCUT2D eigenvalue weighted by Gasteiger charge is -2.41. The largest absolute Gasteiger partial charge is 0.472 e. The molecule has 1 fully saturated rings. The minimum atomic E-state index is -5.16. The molecule has 0 radical (unpaired) electrons. The topological polar surface area (TPSA) is 227 Å². The lowest BCUT2D eigenvalue weighted by molar-refractivity contribution is -0.220. The van der Waals surface area contributed by atoms with Gasteiger partial charge in [0.2, 0.25) is 0 Å². The van der Waals surface area contributed by atoms with E-state index in [1.165, 1.54) is 0 Å². The molecule has 0 aliphatic heterocycles. The van der Waals surface area contributed by atoms with Crippen LogP contribution in [0.25, 0.3) is 0 Å². The summed E-state index contributed by atoms with van der Waals surface area (Å²) >= 11 is 0. The van der Waals surface area contributed by atoms with Gasteiger partial charge in [-0.15, -0.1) is 0 Å². The second-order valence-corrected chi connectivity index (χ2v) is 17.3. The van der Waals surface area contributed by atoms with Crippen LogP contribution in [0.2, 0.25) is 0 Å². The normalized spacial score (nSPS) is 22.2. The van der Waals surface area contributed by atoms with Gasteiger partial charge in [0, 0.05) is 19.3 Å². The van der Waals surface area contributed by atoms with E-state index < -0.39 is 75.7 Å². The van der Waals surface area contributed by atoms with Crippen LogP contribution in [-0.2, 0) is 37.5 Å². The molecule has 1 aliphatic rings. The van der Waals surface area contributed by atoms with Gasteiger partial charge in [0.25, 0.3) is 0 Å². The number of phosphoric ester groups is 1. The Hall–Kier alpha value is -3.82. The van der Waals surface area contributed by atoms with Crippen molar-refractivity contribution in [2.75, 3.05) is 13.2 Å². The van der Waals surface area contributed by atoms with E-state index in [2.05, 4.69) is 74.6 Å². The number of aliphatic hydroxyl groups excluding tert-OH is 5. The summed E-state index contributed by atoms with van der Waals surface area (Å²) in [5.74, 6) is -1.11. The predicted molar refractivity (Wildman–Crippen MR) is 258 cm³/mol. The van der Waals surface area contributed by atoms with Crippen LogP contribution >= 0.6 is 7.82 Å². The summed E-state index contributed by atoms with van der Waals surface area (Å²) < 4.78 is 33.4. The Morgan fingerprint density at radius 3 is 1.58 bits per heavy atom. The molecule has 66 heavy (non-hydrogen) atoms. The van der Waals surface area contributed by atoms with E-state index in [0.717, 1.165) is 77.0 Å². The number of carbonyl (C=O) groups excluding carboxylic acids is 3. The fourth-order valence-electron chi connectivity index (χ4n) is 6.26. The van der Waals surface area contributed by atoms with E-state index in [4.69, 9.17) is 18.5 Å². The third-order valence-corrected chi connectivity index (χ3v) is 11.1. The van der Waals surface area contributed by atoms with Crippen LogP contribution in [0.1, 0.15) is 136 Å². The molecular formula is C51H79O14P.